The van der Waals surface area contributed by atoms with E-state index in [0.717, 1.165) is 0 Å². The summed E-state index contributed by atoms with van der Waals surface area (Å²) in [5, 5.41) is 8.83. The molecule has 1 heterocycles. The Kier molecular flexibility index (Phi) is 3.85. The largest absolute Gasteiger partial charge is 0.478 e. The van der Waals surface area contributed by atoms with Crippen molar-refractivity contribution in [1.29, 1.82) is 0 Å². The lowest BCUT2D eigenvalue weighted by Gasteiger charge is -2.36. The number of amides is 1. The molecular weight excluding hydrogens is 246 g/mol. The molecule has 102 valence electrons. The van der Waals surface area contributed by atoms with Gasteiger partial charge < -0.3 is 14.7 Å². The number of carbonyl (C=O) groups excluding carboxylic acids is 1. The third kappa shape index (κ3) is 2.93. The summed E-state index contributed by atoms with van der Waals surface area (Å²) in [7, 11) is 0. The van der Waals surface area contributed by atoms with Crippen molar-refractivity contribution < 1.29 is 19.4 Å². The monoisotopic (exact) mass is 263 g/mol. The summed E-state index contributed by atoms with van der Waals surface area (Å²) in [4.78, 5) is 24.9. The van der Waals surface area contributed by atoms with E-state index in [2.05, 4.69) is 0 Å². The Morgan fingerprint density at radius 3 is 2.37 bits per heavy atom. The lowest BCUT2D eigenvalue weighted by atomic mass is 10.1. The van der Waals surface area contributed by atoms with Crippen LogP contribution < -0.4 is 0 Å². The number of nitrogens with zero attached hydrogens (tertiary/aromatic N) is 1. The van der Waals surface area contributed by atoms with Gasteiger partial charge in [0.05, 0.1) is 24.3 Å². The number of carbonyl (C=O) groups is 2. The molecule has 0 saturated carbocycles. The average molecular weight is 263 g/mol. The first-order valence-electron chi connectivity index (χ1n) is 6.25. The van der Waals surface area contributed by atoms with Crippen LogP contribution in [0, 0.1) is 0 Å². The van der Waals surface area contributed by atoms with Crippen LogP contribution in [0.2, 0.25) is 0 Å². The fourth-order valence-corrected chi connectivity index (χ4v) is 2.11. The lowest BCUT2D eigenvalue weighted by Crippen LogP contribution is -2.50. The Hall–Kier alpha value is -1.88. The van der Waals surface area contributed by atoms with Crippen LogP contribution in [-0.2, 0) is 4.74 Å². The zero-order chi connectivity index (χ0) is 14.0. The van der Waals surface area contributed by atoms with Crippen LogP contribution in [-0.4, -0.2) is 47.2 Å². The molecular formula is C14H17NO4. The fraction of sp³-hybridized carbons (Fsp3) is 0.429. The second-order valence-electron chi connectivity index (χ2n) is 4.83. The lowest BCUT2D eigenvalue weighted by molar-refractivity contribution is -0.0387. The van der Waals surface area contributed by atoms with Crippen molar-refractivity contribution in [3.63, 3.8) is 0 Å². The van der Waals surface area contributed by atoms with Gasteiger partial charge in [-0.15, -0.1) is 0 Å². The molecule has 2 rings (SSSR count). The van der Waals surface area contributed by atoms with Crippen molar-refractivity contribution >= 4 is 11.9 Å². The Morgan fingerprint density at radius 2 is 1.79 bits per heavy atom. The number of benzene rings is 1. The first kappa shape index (κ1) is 13.5. The summed E-state index contributed by atoms with van der Waals surface area (Å²) in [6.45, 7) is 4.95. The number of carboxylic acid groups (broad SMARTS) is 1. The molecule has 1 aromatic carbocycles. The van der Waals surface area contributed by atoms with E-state index < -0.39 is 5.97 Å². The van der Waals surface area contributed by atoms with Crippen molar-refractivity contribution in [2.24, 2.45) is 0 Å². The number of ether oxygens (including phenoxy) is 1. The molecule has 1 amide bonds. The van der Waals surface area contributed by atoms with E-state index in [1.54, 1.807) is 17.0 Å². The van der Waals surface area contributed by atoms with Crippen LogP contribution in [0.25, 0.3) is 0 Å². The van der Waals surface area contributed by atoms with Gasteiger partial charge in [0.1, 0.15) is 0 Å². The highest BCUT2D eigenvalue weighted by molar-refractivity contribution is 5.96. The average Bonchev–Trinajstić information content (AvgIpc) is 2.41. The van der Waals surface area contributed by atoms with Crippen LogP contribution in [0.3, 0.4) is 0 Å². The molecule has 5 nitrogen and oxygen atoms in total. The van der Waals surface area contributed by atoms with Crippen molar-refractivity contribution in [1.82, 2.24) is 4.90 Å². The van der Waals surface area contributed by atoms with Crippen molar-refractivity contribution in [2.75, 3.05) is 13.2 Å². The van der Waals surface area contributed by atoms with Gasteiger partial charge in [-0.2, -0.15) is 0 Å². The van der Waals surface area contributed by atoms with E-state index >= 15 is 0 Å². The molecule has 0 aliphatic carbocycles. The zero-order valence-corrected chi connectivity index (χ0v) is 11.0. The predicted molar refractivity (Wildman–Crippen MR) is 69.3 cm³/mol. The SMILES string of the molecule is C[C@@H]1CN(C(=O)c2ccc(C(=O)O)cc2)[C@H](C)CO1. The van der Waals surface area contributed by atoms with Crippen LogP contribution in [0.15, 0.2) is 24.3 Å². The molecule has 1 saturated heterocycles. The zero-order valence-electron chi connectivity index (χ0n) is 11.0. The van der Waals surface area contributed by atoms with Gasteiger partial charge in [0.2, 0.25) is 0 Å². The smallest absolute Gasteiger partial charge is 0.335 e. The van der Waals surface area contributed by atoms with Gasteiger partial charge in [0.25, 0.3) is 5.91 Å². The third-order valence-corrected chi connectivity index (χ3v) is 3.25. The highest BCUT2D eigenvalue weighted by atomic mass is 16.5. The molecule has 0 aromatic heterocycles. The summed E-state index contributed by atoms with van der Waals surface area (Å²) in [6, 6.07) is 6.04. The van der Waals surface area contributed by atoms with Gasteiger partial charge in [-0.25, -0.2) is 4.79 Å². The number of aromatic carboxylic acids is 1. The van der Waals surface area contributed by atoms with Crippen molar-refractivity contribution in [3.8, 4) is 0 Å². The minimum atomic E-state index is -0.993. The van der Waals surface area contributed by atoms with Crippen LogP contribution in [0.5, 0.6) is 0 Å². The highest BCUT2D eigenvalue weighted by Gasteiger charge is 2.28. The van der Waals surface area contributed by atoms with Crippen LogP contribution in [0.4, 0.5) is 0 Å². The molecule has 1 aliphatic rings. The Morgan fingerprint density at radius 1 is 1.21 bits per heavy atom. The van der Waals surface area contributed by atoms with Gasteiger partial charge in [-0.05, 0) is 38.1 Å². The standard InChI is InChI=1S/C14H17NO4/c1-9-8-19-10(2)7-15(9)13(16)11-3-5-12(6-4-11)14(17)18/h3-6,9-10H,7-8H2,1-2H3,(H,17,18)/t9-,10-/m1/s1. The van der Waals surface area contributed by atoms with Crippen molar-refractivity contribution in [3.05, 3.63) is 35.4 Å². The molecule has 0 spiro atoms. The van der Waals surface area contributed by atoms with Crippen LogP contribution >= 0.6 is 0 Å². The second kappa shape index (κ2) is 5.40. The molecule has 0 radical (unpaired) electrons. The topological polar surface area (TPSA) is 66.8 Å². The van der Waals surface area contributed by atoms with Gasteiger partial charge in [-0.1, -0.05) is 0 Å². The fourth-order valence-electron chi connectivity index (χ4n) is 2.11. The molecule has 1 aromatic rings. The van der Waals surface area contributed by atoms with Gasteiger partial charge >= 0.3 is 5.97 Å². The van der Waals surface area contributed by atoms with E-state index in [0.29, 0.717) is 18.7 Å². The number of carboxylic acids is 1. The molecule has 1 aliphatic heterocycles. The van der Waals surface area contributed by atoms with E-state index in [4.69, 9.17) is 9.84 Å². The molecule has 5 heteroatoms. The summed E-state index contributed by atoms with van der Waals surface area (Å²) < 4.78 is 5.49. The summed E-state index contributed by atoms with van der Waals surface area (Å²) in [5.74, 6) is -1.08. The van der Waals surface area contributed by atoms with Gasteiger partial charge in [0.15, 0.2) is 0 Å². The Bertz CT molecular complexity index is 483. The third-order valence-electron chi connectivity index (χ3n) is 3.25. The molecule has 19 heavy (non-hydrogen) atoms. The number of rotatable bonds is 2. The van der Waals surface area contributed by atoms with Crippen LogP contribution in [0.1, 0.15) is 34.6 Å². The highest BCUT2D eigenvalue weighted by Crippen LogP contribution is 2.16. The number of morpholine rings is 1. The maximum atomic E-state index is 12.4. The van der Waals surface area contributed by atoms with E-state index in [1.807, 2.05) is 13.8 Å². The number of hydrogen-bond donors (Lipinski definition) is 1. The van der Waals surface area contributed by atoms with Gasteiger partial charge in [-0.3, -0.25) is 4.79 Å². The molecule has 2 atom stereocenters. The quantitative estimate of drug-likeness (QED) is 0.880. The van der Waals surface area contributed by atoms with Gasteiger partial charge in [0, 0.05) is 12.1 Å². The molecule has 0 bridgehead atoms. The molecule has 1 fully saturated rings. The normalized spacial score (nSPS) is 23.2. The number of hydrogen-bond acceptors (Lipinski definition) is 3. The summed E-state index contributed by atoms with van der Waals surface area (Å²) >= 11 is 0. The first-order valence-corrected chi connectivity index (χ1v) is 6.25. The summed E-state index contributed by atoms with van der Waals surface area (Å²) in [6.07, 6.45) is 0.0263. The Balaban J connectivity index is 2.16. The second-order valence-corrected chi connectivity index (χ2v) is 4.83. The maximum Gasteiger partial charge on any atom is 0.335 e. The maximum absolute atomic E-state index is 12.4. The summed E-state index contributed by atoms with van der Waals surface area (Å²) in [5.41, 5.74) is 0.686. The van der Waals surface area contributed by atoms with E-state index in [9.17, 15) is 9.59 Å². The minimum absolute atomic E-state index is 0.0263. The van der Waals surface area contributed by atoms with Crippen molar-refractivity contribution in [2.45, 2.75) is 26.0 Å². The Labute approximate surface area is 111 Å². The van der Waals surface area contributed by atoms with E-state index in [-0.39, 0.29) is 23.6 Å². The molecule has 0 unspecified atom stereocenters. The minimum Gasteiger partial charge on any atom is -0.478 e. The predicted octanol–water partition coefficient (Wildman–Crippen LogP) is 1.63. The first-order chi connectivity index (χ1) is 8.99. The molecule has 1 N–H and O–H groups in total. The van der Waals surface area contributed by atoms with E-state index in [1.165, 1.54) is 12.1 Å².